The summed E-state index contributed by atoms with van der Waals surface area (Å²) in [6.07, 6.45) is 3.91. The number of esters is 1. The Morgan fingerprint density at radius 3 is 2.32 bits per heavy atom. The molecule has 0 spiro atoms. The molecule has 1 aliphatic carbocycles. The summed E-state index contributed by atoms with van der Waals surface area (Å²) < 4.78 is 10.8. The molecule has 2 unspecified atom stereocenters. The number of halogens is 1. The van der Waals surface area contributed by atoms with E-state index in [2.05, 4.69) is 5.32 Å². The fourth-order valence-corrected chi connectivity index (χ4v) is 3.64. The first-order valence-corrected chi connectivity index (χ1v) is 10.9. The van der Waals surface area contributed by atoms with Gasteiger partial charge >= 0.3 is 41.6 Å². The minimum absolute atomic E-state index is 0. The van der Waals surface area contributed by atoms with Gasteiger partial charge in [-0.15, -0.1) is 0 Å². The van der Waals surface area contributed by atoms with Gasteiger partial charge in [0.25, 0.3) is 0 Å². The summed E-state index contributed by atoms with van der Waals surface area (Å²) in [5.74, 6) is -1.68. The van der Waals surface area contributed by atoms with Gasteiger partial charge in [-0.2, -0.15) is 0 Å². The molecule has 0 aromatic heterocycles. The van der Waals surface area contributed by atoms with Gasteiger partial charge in [0, 0.05) is 17.4 Å². The summed E-state index contributed by atoms with van der Waals surface area (Å²) in [7, 11) is 0. The van der Waals surface area contributed by atoms with Crippen molar-refractivity contribution in [2.75, 3.05) is 0 Å². The van der Waals surface area contributed by atoms with E-state index in [1.165, 1.54) is 0 Å². The van der Waals surface area contributed by atoms with Crippen molar-refractivity contribution in [3.05, 3.63) is 34.9 Å². The van der Waals surface area contributed by atoms with Crippen molar-refractivity contribution in [3.8, 4) is 0 Å². The number of amides is 1. The Kier molecular flexibility index (Phi) is 13.2. The molecule has 31 heavy (non-hydrogen) atoms. The van der Waals surface area contributed by atoms with Crippen molar-refractivity contribution in [2.45, 2.75) is 77.0 Å². The zero-order valence-corrected chi connectivity index (χ0v) is 21.0. The van der Waals surface area contributed by atoms with E-state index in [0.29, 0.717) is 23.4 Å². The predicted octanol–water partition coefficient (Wildman–Crippen LogP) is 0.891. The van der Waals surface area contributed by atoms with Crippen LogP contribution in [0.3, 0.4) is 0 Å². The molecule has 0 saturated heterocycles. The Morgan fingerprint density at radius 1 is 1.10 bits per heavy atom. The molecular formula is C22H29ClNNaO6. The number of nitrogens with one attached hydrogen (secondary N) is 1. The molecule has 0 radical (unpaired) electrons. The maximum absolute atomic E-state index is 12.5. The number of ether oxygens (including phenoxy) is 2. The van der Waals surface area contributed by atoms with E-state index in [0.717, 1.165) is 32.1 Å². The van der Waals surface area contributed by atoms with Crippen LogP contribution >= 0.6 is 11.6 Å². The van der Waals surface area contributed by atoms with Crippen molar-refractivity contribution < 1.29 is 58.5 Å². The number of carbonyl (C=O) groups excluding carboxylic acids is 3. The van der Waals surface area contributed by atoms with Crippen LogP contribution in [0.4, 0.5) is 4.79 Å². The van der Waals surface area contributed by atoms with Crippen LogP contribution in [0, 0.1) is 5.92 Å². The third-order valence-corrected chi connectivity index (χ3v) is 5.40. The van der Waals surface area contributed by atoms with E-state index in [4.69, 9.17) is 21.1 Å². The van der Waals surface area contributed by atoms with Gasteiger partial charge in [-0.25, -0.2) is 4.79 Å². The standard InChI is InChI=1S/C22H30ClNO6.Na/c1-2-6-20(29-21(27)16-7-4-3-5-8-16)30-22(28)24-18(13-14-19(25)26)15-9-11-17(23)12-10-15;/h9-12,16,18,20H,2-8,13-14H2,1H3,(H,24,28)(H,25,26);/q;+1/p-1. The largest absolute Gasteiger partial charge is 1.00 e. The van der Waals surface area contributed by atoms with Crippen molar-refractivity contribution in [2.24, 2.45) is 5.92 Å². The zero-order valence-electron chi connectivity index (χ0n) is 18.2. The van der Waals surface area contributed by atoms with E-state index < -0.39 is 24.4 Å². The van der Waals surface area contributed by atoms with Crippen molar-refractivity contribution in [1.29, 1.82) is 0 Å². The number of hydrogen-bond donors (Lipinski definition) is 1. The average molecular weight is 462 g/mol. The minimum atomic E-state index is -1.21. The molecule has 1 aromatic carbocycles. The van der Waals surface area contributed by atoms with Crippen LogP contribution in [0.2, 0.25) is 5.02 Å². The van der Waals surface area contributed by atoms with Gasteiger partial charge in [0.2, 0.25) is 6.29 Å². The topological polar surface area (TPSA) is 105 Å². The van der Waals surface area contributed by atoms with Crippen LogP contribution in [-0.2, 0) is 19.1 Å². The first kappa shape index (κ1) is 27.8. The SMILES string of the molecule is CCCC(OC(=O)NC(CCC(=O)[O-])c1ccc(Cl)cc1)OC(=O)C1CCCCC1.[Na+]. The van der Waals surface area contributed by atoms with Crippen LogP contribution in [0.15, 0.2) is 24.3 Å². The number of hydrogen-bond acceptors (Lipinski definition) is 6. The Labute approximate surface area is 210 Å². The van der Waals surface area contributed by atoms with Gasteiger partial charge in [0.15, 0.2) is 0 Å². The third kappa shape index (κ3) is 10.3. The third-order valence-electron chi connectivity index (χ3n) is 5.15. The van der Waals surface area contributed by atoms with Gasteiger partial charge in [0.1, 0.15) is 0 Å². The number of carboxylic acid groups (broad SMARTS) is 1. The molecule has 1 N–H and O–H groups in total. The second kappa shape index (κ2) is 14.7. The van der Waals surface area contributed by atoms with Gasteiger partial charge < -0.3 is 24.7 Å². The Balaban J connectivity index is 0.00000480. The molecule has 2 rings (SSSR count). The molecule has 2 atom stereocenters. The summed E-state index contributed by atoms with van der Waals surface area (Å²) in [5, 5.41) is 14.1. The van der Waals surface area contributed by atoms with Gasteiger partial charge in [0.05, 0.1) is 12.0 Å². The molecule has 7 nitrogen and oxygen atoms in total. The monoisotopic (exact) mass is 461 g/mol. The maximum atomic E-state index is 12.5. The summed E-state index contributed by atoms with van der Waals surface area (Å²) >= 11 is 5.90. The van der Waals surface area contributed by atoms with E-state index in [-0.39, 0.29) is 54.3 Å². The number of aliphatic carboxylic acids is 1. The van der Waals surface area contributed by atoms with Crippen molar-refractivity contribution in [1.82, 2.24) is 5.32 Å². The van der Waals surface area contributed by atoms with E-state index in [1.54, 1.807) is 24.3 Å². The second-order valence-corrected chi connectivity index (χ2v) is 7.99. The summed E-state index contributed by atoms with van der Waals surface area (Å²) in [4.78, 5) is 35.7. The Hall–Kier alpha value is -1.28. The molecule has 0 aliphatic heterocycles. The predicted molar refractivity (Wildman–Crippen MR) is 109 cm³/mol. The van der Waals surface area contributed by atoms with Crippen molar-refractivity contribution >= 4 is 29.6 Å². The smallest absolute Gasteiger partial charge is 0.550 e. The van der Waals surface area contributed by atoms with Crippen LogP contribution < -0.4 is 40.0 Å². The Morgan fingerprint density at radius 2 is 1.74 bits per heavy atom. The van der Waals surface area contributed by atoms with Crippen LogP contribution in [0.25, 0.3) is 0 Å². The van der Waals surface area contributed by atoms with Crippen LogP contribution in [0.1, 0.15) is 76.3 Å². The molecule has 0 bridgehead atoms. The zero-order chi connectivity index (χ0) is 21.9. The fourth-order valence-electron chi connectivity index (χ4n) is 3.52. The molecule has 1 fully saturated rings. The average Bonchev–Trinajstić information content (AvgIpc) is 2.72. The second-order valence-electron chi connectivity index (χ2n) is 7.55. The molecule has 9 heteroatoms. The molecule has 1 amide bonds. The van der Waals surface area contributed by atoms with E-state index >= 15 is 0 Å². The van der Waals surface area contributed by atoms with Crippen LogP contribution in [-0.4, -0.2) is 24.3 Å². The summed E-state index contributed by atoms with van der Waals surface area (Å²) in [6.45, 7) is 1.90. The van der Waals surface area contributed by atoms with Crippen LogP contribution in [0.5, 0.6) is 0 Å². The fraction of sp³-hybridized carbons (Fsp3) is 0.591. The molecule has 1 aromatic rings. The molecule has 1 aliphatic rings. The number of carbonyl (C=O) groups is 3. The van der Waals surface area contributed by atoms with Gasteiger partial charge in [-0.1, -0.05) is 49.9 Å². The number of benzene rings is 1. The number of rotatable bonds is 10. The normalized spacial score (nSPS) is 15.8. The number of alkyl carbamates (subject to hydrolysis) is 1. The molecule has 1 saturated carbocycles. The summed E-state index contributed by atoms with van der Waals surface area (Å²) in [5.41, 5.74) is 0.684. The number of carboxylic acids is 1. The van der Waals surface area contributed by atoms with E-state index in [1.807, 2.05) is 6.92 Å². The Bertz CT molecular complexity index is 708. The van der Waals surface area contributed by atoms with Crippen molar-refractivity contribution in [3.63, 3.8) is 0 Å². The van der Waals surface area contributed by atoms with Gasteiger partial charge in [-0.05, 0) is 49.8 Å². The first-order chi connectivity index (χ1) is 14.4. The first-order valence-electron chi connectivity index (χ1n) is 10.5. The summed E-state index contributed by atoms with van der Waals surface area (Å²) in [6, 6.07) is 6.11. The molecular weight excluding hydrogens is 433 g/mol. The molecule has 0 heterocycles. The van der Waals surface area contributed by atoms with Gasteiger partial charge in [-0.3, -0.25) is 4.79 Å². The van der Waals surface area contributed by atoms with E-state index in [9.17, 15) is 19.5 Å². The quantitative estimate of drug-likeness (QED) is 0.315. The minimum Gasteiger partial charge on any atom is -0.550 e. The maximum Gasteiger partial charge on any atom is 1.00 e. The molecule has 166 valence electrons.